The summed E-state index contributed by atoms with van der Waals surface area (Å²) in [6, 6.07) is 19.5. The van der Waals surface area contributed by atoms with Crippen LogP contribution >= 0.6 is 0 Å². The number of carbonyl (C=O) groups is 2. The topological polar surface area (TPSA) is 105 Å². The summed E-state index contributed by atoms with van der Waals surface area (Å²) in [4.78, 5) is 24.4. The first-order valence-corrected chi connectivity index (χ1v) is 13.4. The van der Waals surface area contributed by atoms with Gasteiger partial charge in [-0.3, -0.25) is 0 Å². The summed E-state index contributed by atoms with van der Waals surface area (Å²) < 4.78 is 26.9. The fraction of sp³-hybridized carbons (Fsp3) is 0.355. The van der Waals surface area contributed by atoms with Crippen LogP contribution in [-0.4, -0.2) is 45.5 Å². The summed E-state index contributed by atoms with van der Waals surface area (Å²) in [6.45, 7) is 4.98. The lowest BCUT2D eigenvalue weighted by Crippen LogP contribution is -2.11. The van der Waals surface area contributed by atoms with Gasteiger partial charge in [0, 0.05) is 0 Å². The lowest BCUT2D eigenvalue weighted by atomic mass is 10.1. The molecule has 9 nitrogen and oxygen atoms in total. The van der Waals surface area contributed by atoms with Crippen molar-refractivity contribution in [2.24, 2.45) is 10.2 Å². The molecule has 40 heavy (non-hydrogen) atoms. The minimum Gasteiger partial charge on any atom is -0.497 e. The number of nitrogens with zero attached hydrogens (tertiary/aromatic N) is 2. The Hall–Kier alpha value is -4.40. The minimum absolute atomic E-state index is 0.217. The van der Waals surface area contributed by atoms with Crippen molar-refractivity contribution in [3.8, 4) is 17.2 Å². The maximum Gasteiger partial charge on any atom is 0.341 e. The average Bonchev–Trinajstić information content (AvgIpc) is 2.98. The molecule has 0 aliphatic rings. The number of hydrogen-bond donors (Lipinski definition) is 0. The largest absolute Gasteiger partial charge is 0.497 e. The highest BCUT2D eigenvalue weighted by atomic mass is 16.5. The third-order valence-corrected chi connectivity index (χ3v) is 5.74. The second-order valence-electron chi connectivity index (χ2n) is 8.65. The third-order valence-electron chi connectivity index (χ3n) is 5.74. The Labute approximate surface area is 235 Å². The molecule has 0 heterocycles. The number of unbranched alkanes of at least 4 members (excludes halogenated alkanes) is 3. The molecule has 0 unspecified atom stereocenters. The number of ether oxygens (including phenoxy) is 5. The van der Waals surface area contributed by atoms with E-state index in [1.54, 1.807) is 33.1 Å². The molecule has 0 radical (unpaired) electrons. The van der Waals surface area contributed by atoms with Crippen molar-refractivity contribution in [2.45, 2.75) is 39.5 Å². The van der Waals surface area contributed by atoms with Crippen LogP contribution in [0, 0.1) is 0 Å². The highest BCUT2D eigenvalue weighted by molar-refractivity contribution is 5.97. The summed E-state index contributed by atoms with van der Waals surface area (Å²) in [5.41, 5.74) is 1.99. The van der Waals surface area contributed by atoms with Gasteiger partial charge in [-0.15, -0.1) is 0 Å². The smallest absolute Gasteiger partial charge is 0.341 e. The van der Waals surface area contributed by atoms with Crippen LogP contribution in [0.3, 0.4) is 0 Å². The Morgan fingerprint density at radius 2 is 1.20 bits per heavy atom. The first kappa shape index (κ1) is 30.1. The van der Waals surface area contributed by atoms with Gasteiger partial charge in [-0.2, -0.15) is 10.2 Å². The van der Waals surface area contributed by atoms with E-state index >= 15 is 0 Å². The van der Waals surface area contributed by atoms with Crippen molar-refractivity contribution in [1.29, 1.82) is 0 Å². The van der Waals surface area contributed by atoms with Gasteiger partial charge in [-0.05, 0) is 106 Å². The fourth-order valence-corrected chi connectivity index (χ4v) is 3.67. The van der Waals surface area contributed by atoms with Crippen LogP contribution in [-0.2, 0) is 9.47 Å². The number of methoxy groups -OCH3 is 1. The van der Waals surface area contributed by atoms with Crippen molar-refractivity contribution in [1.82, 2.24) is 0 Å². The van der Waals surface area contributed by atoms with Gasteiger partial charge >= 0.3 is 11.9 Å². The van der Waals surface area contributed by atoms with Crippen molar-refractivity contribution >= 4 is 23.3 Å². The lowest BCUT2D eigenvalue weighted by molar-refractivity contribution is 0.0521. The van der Waals surface area contributed by atoms with Gasteiger partial charge in [0.05, 0.1) is 50.5 Å². The zero-order valence-electron chi connectivity index (χ0n) is 23.3. The number of esters is 2. The minimum atomic E-state index is -0.533. The Morgan fingerprint density at radius 3 is 1.77 bits per heavy atom. The summed E-state index contributed by atoms with van der Waals surface area (Å²) in [6.07, 6.45) is 3.64. The second kappa shape index (κ2) is 16.5. The molecule has 0 saturated carbocycles. The second-order valence-corrected chi connectivity index (χ2v) is 8.65. The summed E-state index contributed by atoms with van der Waals surface area (Å²) >= 11 is 0. The molecular formula is C31H36N2O7. The van der Waals surface area contributed by atoms with Crippen molar-refractivity contribution in [3.63, 3.8) is 0 Å². The zero-order valence-corrected chi connectivity index (χ0v) is 23.3. The molecule has 0 bridgehead atoms. The Bertz CT molecular complexity index is 1240. The molecule has 0 saturated heterocycles. The molecule has 3 rings (SSSR count). The van der Waals surface area contributed by atoms with Gasteiger partial charge in [-0.1, -0.05) is 0 Å². The fourth-order valence-electron chi connectivity index (χ4n) is 3.67. The van der Waals surface area contributed by atoms with E-state index in [4.69, 9.17) is 23.7 Å². The Balaban J connectivity index is 1.35. The number of azo groups is 1. The first-order chi connectivity index (χ1) is 19.5. The van der Waals surface area contributed by atoms with E-state index in [0.29, 0.717) is 19.0 Å². The van der Waals surface area contributed by atoms with Crippen molar-refractivity contribution in [3.05, 3.63) is 77.9 Å². The van der Waals surface area contributed by atoms with Crippen LogP contribution in [0.5, 0.6) is 17.2 Å². The quantitative estimate of drug-likeness (QED) is 0.104. The molecule has 3 aromatic rings. The van der Waals surface area contributed by atoms with Crippen LogP contribution in [0.25, 0.3) is 0 Å². The highest BCUT2D eigenvalue weighted by Gasteiger charge is 2.18. The maximum atomic E-state index is 12.4. The summed E-state index contributed by atoms with van der Waals surface area (Å²) in [5, 5.41) is 8.48. The monoisotopic (exact) mass is 548 g/mol. The molecule has 0 aromatic heterocycles. The van der Waals surface area contributed by atoms with Gasteiger partial charge in [0.2, 0.25) is 0 Å². The summed E-state index contributed by atoms with van der Waals surface area (Å²) in [7, 11) is 1.62. The Kier molecular flexibility index (Phi) is 12.5. The molecule has 3 aromatic carbocycles. The van der Waals surface area contributed by atoms with E-state index in [2.05, 4.69) is 10.2 Å². The number of rotatable bonds is 16. The molecule has 9 heteroatoms. The number of carbonyl (C=O) groups excluding carboxylic acids is 2. The normalized spacial score (nSPS) is 10.8. The van der Waals surface area contributed by atoms with Gasteiger partial charge in [0.15, 0.2) is 0 Å². The highest BCUT2D eigenvalue weighted by Crippen LogP contribution is 2.24. The lowest BCUT2D eigenvalue weighted by Gasteiger charge is -2.12. The molecule has 0 aliphatic heterocycles. The van der Waals surface area contributed by atoms with E-state index in [1.165, 1.54) is 6.07 Å². The predicted octanol–water partition coefficient (Wildman–Crippen LogP) is 7.48. The van der Waals surface area contributed by atoms with E-state index < -0.39 is 11.9 Å². The van der Waals surface area contributed by atoms with Crippen LogP contribution in [0.15, 0.2) is 77.0 Å². The molecule has 0 amide bonds. The van der Waals surface area contributed by atoms with Crippen molar-refractivity contribution < 1.29 is 33.3 Å². The van der Waals surface area contributed by atoms with E-state index in [1.807, 2.05) is 48.5 Å². The maximum absolute atomic E-state index is 12.4. The molecule has 0 aliphatic carbocycles. The zero-order chi connectivity index (χ0) is 28.6. The standard InChI is InChI=1S/C31H36N2O7/c1-4-37-30(34)23-10-19-29(28(22-23)31(35)38-5-2)40-21-9-7-6-8-20-39-27-17-13-25(14-18-27)33-32-24-11-15-26(36-3)16-12-24/h10-19,22H,4-9,20-21H2,1-3H3. The predicted molar refractivity (Wildman–Crippen MR) is 151 cm³/mol. The molecule has 0 fully saturated rings. The van der Waals surface area contributed by atoms with Crippen LogP contribution in [0.4, 0.5) is 11.4 Å². The Morgan fingerprint density at radius 1 is 0.650 bits per heavy atom. The van der Waals surface area contributed by atoms with Crippen LogP contribution in [0.2, 0.25) is 0 Å². The number of benzene rings is 3. The first-order valence-electron chi connectivity index (χ1n) is 13.4. The SMILES string of the molecule is CCOC(=O)c1ccc(OCCCCCCOc2ccc(N=Nc3ccc(OC)cc3)cc2)c(C(=O)OCC)c1. The van der Waals surface area contributed by atoms with Crippen LogP contribution in [0.1, 0.15) is 60.2 Å². The molecule has 0 spiro atoms. The molecular weight excluding hydrogens is 512 g/mol. The van der Waals surface area contributed by atoms with Crippen LogP contribution < -0.4 is 14.2 Å². The average molecular weight is 549 g/mol. The number of hydrogen-bond acceptors (Lipinski definition) is 9. The van der Waals surface area contributed by atoms with E-state index in [9.17, 15) is 9.59 Å². The van der Waals surface area contributed by atoms with E-state index in [0.717, 1.165) is 48.6 Å². The third kappa shape index (κ3) is 9.72. The molecule has 212 valence electrons. The van der Waals surface area contributed by atoms with Gasteiger partial charge in [0.25, 0.3) is 0 Å². The molecule has 0 atom stereocenters. The van der Waals surface area contributed by atoms with Gasteiger partial charge in [-0.25, -0.2) is 9.59 Å². The van der Waals surface area contributed by atoms with Crippen molar-refractivity contribution in [2.75, 3.05) is 33.5 Å². The van der Waals surface area contributed by atoms with E-state index in [-0.39, 0.29) is 24.3 Å². The van der Waals surface area contributed by atoms with Gasteiger partial charge in [0.1, 0.15) is 22.8 Å². The summed E-state index contributed by atoms with van der Waals surface area (Å²) in [5.74, 6) is 0.922. The van der Waals surface area contributed by atoms with Gasteiger partial charge < -0.3 is 23.7 Å². The molecule has 0 N–H and O–H groups in total.